The van der Waals surface area contributed by atoms with Crippen molar-refractivity contribution in [3.63, 3.8) is 0 Å². The molecule has 0 radical (unpaired) electrons. The number of aryl methyl sites for hydroxylation is 1. The molecule has 0 aromatic heterocycles. The Hall–Kier alpha value is -1.00. The van der Waals surface area contributed by atoms with E-state index in [0.29, 0.717) is 13.1 Å². The molecule has 24 heavy (non-hydrogen) atoms. The first-order valence-corrected chi connectivity index (χ1v) is 11.0. The molecule has 0 spiro atoms. The van der Waals surface area contributed by atoms with Gasteiger partial charge in [0.2, 0.25) is 10.0 Å². The predicted octanol–water partition coefficient (Wildman–Crippen LogP) is 0.642. The smallest absolute Gasteiger partial charge is 0.207 e. The average molecular weight is 374 g/mol. The summed E-state index contributed by atoms with van der Waals surface area (Å²) in [5, 5.41) is 0. The van der Waals surface area contributed by atoms with Gasteiger partial charge in [-0.05, 0) is 31.9 Å². The van der Waals surface area contributed by atoms with Gasteiger partial charge in [-0.2, -0.15) is 21.3 Å². The number of hydrogen-bond acceptors (Lipinski definition) is 4. The molecule has 2 fully saturated rings. The molecule has 2 aliphatic heterocycles. The van der Waals surface area contributed by atoms with E-state index in [4.69, 9.17) is 0 Å². The molecule has 2 aliphatic rings. The molecule has 1 aromatic carbocycles. The first kappa shape index (κ1) is 17.8. The van der Waals surface area contributed by atoms with Crippen molar-refractivity contribution in [2.75, 3.05) is 39.3 Å². The molecule has 1 aromatic rings. The summed E-state index contributed by atoms with van der Waals surface area (Å²) in [6, 6.07) is 6.72. The number of benzene rings is 1. The van der Waals surface area contributed by atoms with Crippen molar-refractivity contribution in [2.45, 2.75) is 24.7 Å². The third-order valence-corrected chi connectivity index (χ3v) is 8.52. The molecule has 2 heterocycles. The van der Waals surface area contributed by atoms with E-state index < -0.39 is 20.2 Å². The minimum atomic E-state index is -3.57. The van der Waals surface area contributed by atoms with Crippen LogP contribution >= 0.6 is 0 Å². The minimum Gasteiger partial charge on any atom is -0.207 e. The summed E-state index contributed by atoms with van der Waals surface area (Å²) in [6.45, 7) is 3.78. The monoisotopic (exact) mass is 373 g/mol. The summed E-state index contributed by atoms with van der Waals surface area (Å²) < 4.78 is 54.7. The van der Waals surface area contributed by atoms with Crippen LogP contribution in [0, 0.1) is 6.92 Å². The topological polar surface area (TPSA) is 78.0 Å². The maximum absolute atomic E-state index is 12.7. The number of rotatable bonds is 4. The minimum absolute atomic E-state index is 0.184. The quantitative estimate of drug-likeness (QED) is 0.776. The van der Waals surface area contributed by atoms with E-state index in [0.717, 1.165) is 18.4 Å². The van der Waals surface area contributed by atoms with Crippen LogP contribution in [-0.4, -0.2) is 69.0 Å². The summed E-state index contributed by atoms with van der Waals surface area (Å²) >= 11 is 0. The van der Waals surface area contributed by atoms with Crippen LogP contribution in [0.1, 0.15) is 18.4 Å². The Bertz CT molecular complexity index is 777. The molecule has 0 unspecified atom stereocenters. The van der Waals surface area contributed by atoms with Crippen LogP contribution in [0.15, 0.2) is 29.2 Å². The van der Waals surface area contributed by atoms with Gasteiger partial charge in [0.05, 0.1) is 4.90 Å². The van der Waals surface area contributed by atoms with Crippen molar-refractivity contribution in [1.82, 2.24) is 12.9 Å². The Kier molecular flexibility index (Phi) is 4.99. The third kappa shape index (κ3) is 3.36. The maximum atomic E-state index is 12.7. The maximum Gasteiger partial charge on any atom is 0.282 e. The van der Waals surface area contributed by atoms with Gasteiger partial charge >= 0.3 is 0 Å². The first-order valence-electron chi connectivity index (χ1n) is 8.14. The fraction of sp³-hybridized carbons (Fsp3) is 0.600. The van der Waals surface area contributed by atoms with Crippen molar-refractivity contribution >= 4 is 20.2 Å². The van der Waals surface area contributed by atoms with Gasteiger partial charge in [0.25, 0.3) is 10.2 Å². The largest absolute Gasteiger partial charge is 0.282 e. The predicted molar refractivity (Wildman–Crippen MR) is 91.2 cm³/mol. The van der Waals surface area contributed by atoms with Gasteiger partial charge in [-0.3, -0.25) is 0 Å². The Morgan fingerprint density at radius 2 is 1.17 bits per heavy atom. The zero-order chi connectivity index (χ0) is 17.4. The molecule has 134 valence electrons. The highest BCUT2D eigenvalue weighted by Crippen LogP contribution is 2.22. The van der Waals surface area contributed by atoms with Crippen LogP contribution in [0.2, 0.25) is 0 Å². The molecule has 0 aliphatic carbocycles. The molecule has 7 nitrogen and oxygen atoms in total. The van der Waals surface area contributed by atoms with Gasteiger partial charge in [-0.1, -0.05) is 17.7 Å². The zero-order valence-corrected chi connectivity index (χ0v) is 15.4. The lowest BCUT2D eigenvalue weighted by Gasteiger charge is -2.35. The molecule has 0 bridgehead atoms. The second-order valence-electron chi connectivity index (χ2n) is 6.23. The summed E-state index contributed by atoms with van der Waals surface area (Å²) in [4.78, 5) is 0.254. The lowest BCUT2D eigenvalue weighted by molar-refractivity contribution is 0.259. The standard InChI is InChI=1S/C15H23N3O4S2/c1-14-4-6-15(7-5-14)23(19,20)16-10-12-18(13-11-16)24(21,22)17-8-2-3-9-17/h4-7H,2-3,8-13H2,1H3. The molecular weight excluding hydrogens is 350 g/mol. The normalized spacial score (nSPS) is 22.0. The highest BCUT2D eigenvalue weighted by Gasteiger charge is 2.36. The Labute approximate surface area is 144 Å². The second-order valence-corrected chi connectivity index (χ2v) is 10.1. The second kappa shape index (κ2) is 6.72. The van der Waals surface area contributed by atoms with E-state index in [-0.39, 0.29) is 31.1 Å². The lowest BCUT2D eigenvalue weighted by atomic mass is 10.2. The van der Waals surface area contributed by atoms with Crippen LogP contribution < -0.4 is 0 Å². The van der Waals surface area contributed by atoms with Gasteiger partial charge in [-0.15, -0.1) is 0 Å². The van der Waals surface area contributed by atoms with Crippen molar-refractivity contribution in [2.24, 2.45) is 0 Å². The van der Waals surface area contributed by atoms with Crippen LogP contribution in [0.25, 0.3) is 0 Å². The third-order valence-electron chi connectivity index (χ3n) is 4.57. The molecule has 9 heteroatoms. The molecule has 3 rings (SSSR count). The van der Waals surface area contributed by atoms with Crippen molar-refractivity contribution in [1.29, 1.82) is 0 Å². The SMILES string of the molecule is Cc1ccc(S(=O)(=O)N2CCN(S(=O)(=O)N3CCCC3)CC2)cc1. The Morgan fingerprint density at radius 1 is 0.708 bits per heavy atom. The van der Waals surface area contributed by atoms with E-state index in [1.807, 2.05) is 6.92 Å². The number of hydrogen-bond donors (Lipinski definition) is 0. The van der Waals surface area contributed by atoms with Crippen LogP contribution in [-0.2, 0) is 20.2 Å². The Balaban J connectivity index is 1.69. The lowest BCUT2D eigenvalue weighted by Crippen LogP contribution is -2.53. The highest BCUT2D eigenvalue weighted by atomic mass is 32.2. The fourth-order valence-corrected chi connectivity index (χ4v) is 6.18. The summed E-state index contributed by atoms with van der Waals surface area (Å²) in [5.74, 6) is 0. The molecule has 0 saturated carbocycles. The summed E-state index contributed by atoms with van der Waals surface area (Å²) in [6.07, 6.45) is 1.78. The highest BCUT2D eigenvalue weighted by molar-refractivity contribution is 7.89. The molecule has 2 saturated heterocycles. The van der Waals surface area contributed by atoms with Crippen molar-refractivity contribution < 1.29 is 16.8 Å². The molecule has 0 N–H and O–H groups in total. The van der Waals surface area contributed by atoms with Crippen molar-refractivity contribution in [3.8, 4) is 0 Å². The fourth-order valence-electron chi connectivity index (χ4n) is 3.08. The summed E-state index contributed by atoms with van der Waals surface area (Å²) in [5.41, 5.74) is 0.996. The number of nitrogens with zero attached hydrogens (tertiary/aromatic N) is 3. The number of piperazine rings is 1. The van der Waals surface area contributed by atoms with Crippen LogP contribution in [0.4, 0.5) is 0 Å². The van der Waals surface area contributed by atoms with Crippen molar-refractivity contribution in [3.05, 3.63) is 29.8 Å². The zero-order valence-electron chi connectivity index (χ0n) is 13.8. The molecule has 0 atom stereocenters. The van der Waals surface area contributed by atoms with Gasteiger partial charge in [-0.25, -0.2) is 8.42 Å². The Morgan fingerprint density at radius 3 is 1.71 bits per heavy atom. The van der Waals surface area contributed by atoms with Gasteiger partial charge in [0.15, 0.2) is 0 Å². The van der Waals surface area contributed by atoms with Gasteiger partial charge in [0.1, 0.15) is 0 Å². The van der Waals surface area contributed by atoms with Crippen LogP contribution in [0.3, 0.4) is 0 Å². The summed E-state index contributed by atoms with van der Waals surface area (Å²) in [7, 11) is -7.02. The molecular formula is C15H23N3O4S2. The van der Waals surface area contributed by atoms with Gasteiger partial charge in [0, 0.05) is 39.3 Å². The van der Waals surface area contributed by atoms with E-state index in [1.165, 1.54) is 12.9 Å². The first-order chi connectivity index (χ1) is 11.3. The van der Waals surface area contributed by atoms with E-state index in [2.05, 4.69) is 0 Å². The van der Waals surface area contributed by atoms with E-state index in [1.54, 1.807) is 24.3 Å². The molecule has 0 amide bonds. The van der Waals surface area contributed by atoms with Crippen LogP contribution in [0.5, 0.6) is 0 Å². The average Bonchev–Trinajstić information content (AvgIpc) is 3.11. The van der Waals surface area contributed by atoms with E-state index in [9.17, 15) is 16.8 Å². The van der Waals surface area contributed by atoms with E-state index >= 15 is 0 Å². The number of sulfonamides is 1. The van der Waals surface area contributed by atoms with Gasteiger partial charge < -0.3 is 0 Å².